The topological polar surface area (TPSA) is 12.9 Å². The maximum atomic E-state index is 13.4. The van der Waals surface area contributed by atoms with Crippen molar-refractivity contribution in [2.24, 2.45) is 5.41 Å². The van der Waals surface area contributed by atoms with Gasteiger partial charge in [0.05, 0.1) is 13.8 Å². The van der Waals surface area contributed by atoms with Crippen LogP contribution < -0.4 is 5.19 Å². The zero-order valence-electron chi connectivity index (χ0n) is 17.2. The summed E-state index contributed by atoms with van der Waals surface area (Å²) in [5.41, 5.74) is 2.51. The maximum Gasteiger partial charge on any atom is 0.123 e. The summed E-state index contributed by atoms with van der Waals surface area (Å²) in [6, 6.07) is 6.51. The minimum absolute atomic E-state index is 0.273. The fourth-order valence-corrected chi connectivity index (χ4v) is 4.02. The molecule has 0 fully saturated rings. The molecule has 124 valence electrons. The fraction of sp³-hybridized carbons (Fsp3) is 0.450. The summed E-state index contributed by atoms with van der Waals surface area (Å²) < 4.78 is 31.0. The highest BCUT2D eigenvalue weighted by molar-refractivity contribution is 6.89. The maximum absolute atomic E-state index is 13.4. The number of pyridine rings is 1. The molecule has 1 nitrogen and oxygen atoms in total. The largest absolute Gasteiger partial charge is 0.256 e. The lowest BCUT2D eigenvalue weighted by atomic mass is 9.88. The number of benzene rings is 1. The summed E-state index contributed by atoms with van der Waals surface area (Å²) in [5, 5.41) is 1.04. The highest BCUT2D eigenvalue weighted by Crippen LogP contribution is 2.26. The van der Waals surface area contributed by atoms with Gasteiger partial charge >= 0.3 is 0 Å². The molecule has 1 aromatic carbocycles. The Morgan fingerprint density at radius 3 is 2.35 bits per heavy atom. The summed E-state index contributed by atoms with van der Waals surface area (Å²) in [6.07, 6.45) is 0.345. The van der Waals surface area contributed by atoms with Crippen molar-refractivity contribution in [1.82, 2.24) is 4.98 Å². The number of aryl methyl sites for hydroxylation is 1. The van der Waals surface area contributed by atoms with Gasteiger partial charge in [0.2, 0.25) is 0 Å². The van der Waals surface area contributed by atoms with Crippen molar-refractivity contribution in [2.45, 2.75) is 53.7 Å². The monoisotopic (exact) mass is 331 g/mol. The highest BCUT2D eigenvalue weighted by atomic mass is 28.3. The van der Waals surface area contributed by atoms with Crippen molar-refractivity contribution in [2.75, 3.05) is 0 Å². The Labute approximate surface area is 143 Å². The molecule has 0 N–H and O–H groups in total. The SMILES string of the molecule is [2H]C([2H])(c1cc(-c2ccc(F)cc2C)ncc1[Si](C)(C)C)C(C)(C)C. The van der Waals surface area contributed by atoms with Crippen molar-refractivity contribution >= 4 is 13.3 Å². The second-order valence-corrected chi connectivity index (χ2v) is 13.2. The van der Waals surface area contributed by atoms with Crippen LogP contribution in [-0.2, 0) is 6.37 Å². The van der Waals surface area contributed by atoms with Crippen molar-refractivity contribution < 1.29 is 7.13 Å². The molecule has 23 heavy (non-hydrogen) atoms. The van der Waals surface area contributed by atoms with Gasteiger partial charge in [0.1, 0.15) is 5.82 Å². The summed E-state index contributed by atoms with van der Waals surface area (Å²) in [5.74, 6) is -0.273. The van der Waals surface area contributed by atoms with Crippen molar-refractivity contribution in [3.63, 3.8) is 0 Å². The number of rotatable bonds is 3. The zero-order valence-corrected chi connectivity index (χ0v) is 16.2. The lowest BCUT2D eigenvalue weighted by molar-refractivity contribution is 0.412. The van der Waals surface area contributed by atoms with Crippen LogP contribution in [0.4, 0.5) is 4.39 Å². The lowest BCUT2D eigenvalue weighted by Gasteiger charge is -2.26. The van der Waals surface area contributed by atoms with E-state index in [4.69, 9.17) is 2.74 Å². The first-order chi connectivity index (χ1) is 11.2. The Bertz CT molecular complexity index is 789. The van der Waals surface area contributed by atoms with E-state index in [2.05, 4.69) is 24.6 Å². The van der Waals surface area contributed by atoms with Gasteiger partial charge in [-0.15, -0.1) is 0 Å². The van der Waals surface area contributed by atoms with E-state index in [0.29, 0.717) is 11.3 Å². The molecule has 0 radical (unpaired) electrons. The van der Waals surface area contributed by atoms with Gasteiger partial charge < -0.3 is 0 Å². The Hall–Kier alpha value is -1.48. The number of hydrogen-bond acceptors (Lipinski definition) is 1. The van der Waals surface area contributed by atoms with Gasteiger partial charge in [-0.1, -0.05) is 40.4 Å². The standard InChI is InChI=1S/C20H28FNSi/c1-14-10-16(21)8-9-17(14)18-11-15(12-20(2,3)4)19(13-22-18)23(5,6)7/h8-11,13H,12H2,1-7H3/i12D2. The van der Waals surface area contributed by atoms with E-state index in [1.807, 2.05) is 40.0 Å². The van der Waals surface area contributed by atoms with E-state index in [9.17, 15) is 4.39 Å². The normalized spacial score (nSPS) is 14.4. The third kappa shape index (κ3) is 4.50. The number of nitrogens with zero attached hydrogens (tertiary/aromatic N) is 1. The molecule has 0 atom stereocenters. The summed E-state index contributed by atoms with van der Waals surface area (Å²) in [6.45, 7) is 14.2. The molecule has 3 heteroatoms. The van der Waals surface area contributed by atoms with Crippen molar-refractivity contribution in [3.8, 4) is 11.3 Å². The molecule has 0 unspecified atom stereocenters. The molecular weight excluding hydrogens is 301 g/mol. The molecule has 0 amide bonds. The first kappa shape index (κ1) is 15.1. The van der Waals surface area contributed by atoms with Gasteiger partial charge in [-0.05, 0) is 59.3 Å². The van der Waals surface area contributed by atoms with Gasteiger partial charge in [-0.2, -0.15) is 0 Å². The van der Waals surface area contributed by atoms with Gasteiger partial charge in [-0.25, -0.2) is 4.39 Å². The molecule has 0 spiro atoms. The Balaban J connectivity index is 2.75. The number of halogens is 1. The van der Waals surface area contributed by atoms with Gasteiger partial charge in [0.15, 0.2) is 0 Å². The average Bonchev–Trinajstić information content (AvgIpc) is 2.44. The van der Waals surface area contributed by atoms with E-state index in [1.165, 1.54) is 12.1 Å². The zero-order chi connectivity index (χ0) is 19.2. The summed E-state index contributed by atoms with van der Waals surface area (Å²) in [7, 11) is -1.78. The first-order valence-electron chi connectivity index (χ1n) is 9.02. The van der Waals surface area contributed by atoms with Gasteiger partial charge in [-0.3, -0.25) is 4.98 Å². The van der Waals surface area contributed by atoms with Crippen molar-refractivity contribution in [3.05, 3.63) is 47.4 Å². The Morgan fingerprint density at radius 2 is 1.83 bits per heavy atom. The number of hydrogen-bond donors (Lipinski definition) is 0. The third-order valence-corrected chi connectivity index (χ3v) is 5.70. The molecule has 0 aliphatic carbocycles. The number of aromatic nitrogens is 1. The Morgan fingerprint density at radius 1 is 1.17 bits per heavy atom. The molecule has 1 aromatic heterocycles. The first-order valence-corrected chi connectivity index (χ1v) is 11.5. The van der Waals surface area contributed by atoms with Crippen LogP contribution in [0.15, 0.2) is 30.5 Å². The summed E-state index contributed by atoms with van der Waals surface area (Å²) >= 11 is 0. The van der Waals surface area contributed by atoms with Gasteiger partial charge in [0.25, 0.3) is 0 Å². The molecule has 2 aromatic rings. The Kier molecular flexibility index (Phi) is 4.06. The molecule has 2 rings (SSSR count). The molecule has 1 heterocycles. The fourth-order valence-electron chi connectivity index (χ4n) is 2.62. The highest BCUT2D eigenvalue weighted by Gasteiger charge is 2.24. The predicted octanol–water partition coefficient (Wildman–Crippen LogP) is 5.33. The van der Waals surface area contributed by atoms with Crippen LogP contribution in [0.1, 0.15) is 34.6 Å². The van der Waals surface area contributed by atoms with Crippen LogP contribution >= 0.6 is 0 Å². The molecule has 0 saturated heterocycles. The van der Waals surface area contributed by atoms with Crippen LogP contribution in [0.2, 0.25) is 19.6 Å². The second-order valence-electron chi connectivity index (χ2n) is 8.20. The molecule has 0 bridgehead atoms. The average molecular weight is 332 g/mol. The van der Waals surface area contributed by atoms with Crippen LogP contribution in [0, 0.1) is 18.2 Å². The van der Waals surface area contributed by atoms with Crippen LogP contribution in [0.25, 0.3) is 11.3 Å². The third-order valence-electron chi connectivity index (χ3n) is 3.69. The van der Waals surface area contributed by atoms with Crippen molar-refractivity contribution in [1.29, 1.82) is 0 Å². The molecule has 0 aliphatic heterocycles. The van der Waals surface area contributed by atoms with E-state index in [1.54, 1.807) is 6.07 Å². The van der Waals surface area contributed by atoms with Gasteiger partial charge in [0, 0.05) is 14.5 Å². The molecule has 0 saturated carbocycles. The molecule has 0 aliphatic rings. The van der Waals surface area contributed by atoms with Crippen LogP contribution in [0.5, 0.6) is 0 Å². The summed E-state index contributed by atoms with van der Waals surface area (Å²) in [4.78, 5) is 4.61. The van der Waals surface area contributed by atoms with Crippen LogP contribution in [-0.4, -0.2) is 13.1 Å². The van der Waals surface area contributed by atoms with E-state index in [0.717, 1.165) is 16.3 Å². The van der Waals surface area contributed by atoms with Crippen LogP contribution in [0.3, 0.4) is 0 Å². The van der Waals surface area contributed by atoms with E-state index < -0.39 is 19.9 Å². The lowest BCUT2D eigenvalue weighted by Crippen LogP contribution is -2.41. The predicted molar refractivity (Wildman–Crippen MR) is 101 cm³/mol. The smallest absolute Gasteiger partial charge is 0.123 e. The molecular formula is C20H28FNSi. The van der Waals surface area contributed by atoms with E-state index in [-0.39, 0.29) is 5.82 Å². The minimum atomic E-state index is -1.78. The quantitative estimate of drug-likeness (QED) is 0.693. The second kappa shape index (κ2) is 6.20. The minimum Gasteiger partial charge on any atom is -0.256 e. The van der Waals surface area contributed by atoms with E-state index >= 15 is 0 Å².